The van der Waals surface area contributed by atoms with Gasteiger partial charge in [-0.3, -0.25) is 25.2 Å². The van der Waals surface area contributed by atoms with Gasteiger partial charge in [-0.2, -0.15) is 0 Å². The molecule has 0 spiro atoms. The molecule has 3 aromatic carbocycles. The van der Waals surface area contributed by atoms with Gasteiger partial charge < -0.3 is 4.42 Å². The first-order valence-corrected chi connectivity index (χ1v) is 11.2. The van der Waals surface area contributed by atoms with Crippen molar-refractivity contribution in [3.63, 3.8) is 0 Å². The molecule has 4 aromatic rings. The molecule has 0 aliphatic carbocycles. The lowest BCUT2D eigenvalue weighted by Gasteiger charge is -2.10. The minimum Gasteiger partial charge on any atom is -0.451 e. The fourth-order valence-electron chi connectivity index (χ4n) is 2.88. The molecular weight excluding hydrogens is 454 g/mol. The summed E-state index contributed by atoms with van der Waals surface area (Å²) in [6.45, 7) is 0. The third kappa shape index (κ3) is 4.74. The van der Waals surface area contributed by atoms with Crippen molar-refractivity contribution in [2.75, 3.05) is 4.72 Å². The van der Waals surface area contributed by atoms with Gasteiger partial charge in [0.2, 0.25) is 0 Å². The molecule has 0 bridgehead atoms. The summed E-state index contributed by atoms with van der Waals surface area (Å²) in [7, 11) is -3.95. The zero-order chi connectivity index (χ0) is 22.7. The Hall–Kier alpha value is -3.82. The molecule has 32 heavy (non-hydrogen) atoms. The summed E-state index contributed by atoms with van der Waals surface area (Å²) in [5.41, 5.74) is 5.39. The third-order valence-corrected chi connectivity index (χ3v) is 6.07. The molecular formula is C22H16ClN3O5S. The van der Waals surface area contributed by atoms with Crippen molar-refractivity contribution in [1.29, 1.82) is 0 Å². The lowest BCUT2D eigenvalue weighted by molar-refractivity contribution is 0.0832. The highest BCUT2D eigenvalue weighted by atomic mass is 35.5. The van der Waals surface area contributed by atoms with Gasteiger partial charge >= 0.3 is 5.91 Å². The number of nitrogens with one attached hydrogen (secondary N) is 3. The van der Waals surface area contributed by atoms with Crippen LogP contribution < -0.4 is 15.6 Å². The quantitative estimate of drug-likeness (QED) is 0.382. The van der Waals surface area contributed by atoms with Gasteiger partial charge in [0, 0.05) is 21.7 Å². The van der Waals surface area contributed by atoms with E-state index in [0.29, 0.717) is 16.3 Å². The SMILES string of the molecule is O=C(NNC(=O)c1cc2ccccc2o1)c1cccc(S(=O)(=O)Nc2ccc(Cl)cc2)c1. The van der Waals surface area contributed by atoms with E-state index in [1.807, 2.05) is 6.07 Å². The molecule has 2 amide bonds. The van der Waals surface area contributed by atoms with Crippen molar-refractivity contribution < 1.29 is 22.4 Å². The zero-order valence-electron chi connectivity index (χ0n) is 16.3. The van der Waals surface area contributed by atoms with Crippen LogP contribution in [0, 0.1) is 0 Å². The first-order chi connectivity index (χ1) is 15.3. The van der Waals surface area contributed by atoms with Gasteiger partial charge in [0.15, 0.2) is 5.76 Å². The summed E-state index contributed by atoms with van der Waals surface area (Å²) in [4.78, 5) is 24.6. The van der Waals surface area contributed by atoms with E-state index in [-0.39, 0.29) is 16.2 Å². The van der Waals surface area contributed by atoms with Gasteiger partial charge in [0.25, 0.3) is 15.9 Å². The van der Waals surface area contributed by atoms with Crippen LogP contribution in [0.4, 0.5) is 5.69 Å². The number of hydrogen-bond acceptors (Lipinski definition) is 5. The number of para-hydroxylation sites is 1. The molecule has 0 aliphatic rings. The van der Waals surface area contributed by atoms with E-state index in [1.54, 1.807) is 36.4 Å². The fraction of sp³-hybridized carbons (Fsp3) is 0. The Morgan fingerprint density at radius 2 is 1.53 bits per heavy atom. The number of amides is 2. The number of carbonyl (C=O) groups is 2. The second-order valence-corrected chi connectivity index (χ2v) is 8.82. The number of sulfonamides is 1. The van der Waals surface area contributed by atoms with Gasteiger partial charge in [-0.05, 0) is 54.6 Å². The lowest BCUT2D eigenvalue weighted by atomic mass is 10.2. The van der Waals surface area contributed by atoms with E-state index in [1.165, 1.54) is 36.4 Å². The molecule has 162 valence electrons. The van der Waals surface area contributed by atoms with Crippen molar-refractivity contribution in [2.24, 2.45) is 0 Å². The number of furan rings is 1. The molecule has 0 radical (unpaired) electrons. The highest BCUT2D eigenvalue weighted by Gasteiger charge is 2.18. The van der Waals surface area contributed by atoms with E-state index in [9.17, 15) is 18.0 Å². The topological polar surface area (TPSA) is 118 Å². The first-order valence-electron chi connectivity index (χ1n) is 9.29. The average Bonchev–Trinajstić information content (AvgIpc) is 3.23. The molecule has 1 aromatic heterocycles. The van der Waals surface area contributed by atoms with Crippen LogP contribution in [0.3, 0.4) is 0 Å². The Labute approximate surface area is 188 Å². The van der Waals surface area contributed by atoms with Gasteiger partial charge in [-0.1, -0.05) is 35.9 Å². The van der Waals surface area contributed by atoms with Crippen molar-refractivity contribution >= 4 is 50.1 Å². The Bertz CT molecular complexity index is 1380. The normalized spacial score (nSPS) is 11.2. The molecule has 0 saturated heterocycles. The highest BCUT2D eigenvalue weighted by molar-refractivity contribution is 7.92. The Kier molecular flexibility index (Phi) is 5.85. The van der Waals surface area contributed by atoms with E-state index in [0.717, 1.165) is 5.39 Å². The Morgan fingerprint density at radius 3 is 2.28 bits per heavy atom. The number of hydrazine groups is 1. The number of anilines is 1. The molecule has 1 heterocycles. The lowest BCUT2D eigenvalue weighted by Crippen LogP contribution is -2.41. The van der Waals surface area contributed by atoms with Crippen molar-refractivity contribution in [3.05, 3.63) is 95.2 Å². The van der Waals surface area contributed by atoms with Gasteiger partial charge in [0.05, 0.1) is 4.90 Å². The summed E-state index contributed by atoms with van der Waals surface area (Å²) in [5.74, 6) is -1.32. The highest BCUT2D eigenvalue weighted by Crippen LogP contribution is 2.20. The second-order valence-electron chi connectivity index (χ2n) is 6.70. The number of rotatable bonds is 5. The van der Waals surface area contributed by atoms with E-state index in [2.05, 4.69) is 15.6 Å². The first kappa shape index (κ1) is 21.4. The van der Waals surface area contributed by atoms with E-state index < -0.39 is 21.8 Å². The Balaban J connectivity index is 1.44. The maximum Gasteiger partial charge on any atom is 0.305 e. The van der Waals surface area contributed by atoms with Crippen LogP contribution in [0.1, 0.15) is 20.9 Å². The number of benzene rings is 3. The van der Waals surface area contributed by atoms with Crippen LogP contribution in [0.25, 0.3) is 11.0 Å². The summed E-state index contributed by atoms with van der Waals surface area (Å²) in [5, 5.41) is 1.21. The van der Waals surface area contributed by atoms with Gasteiger partial charge in [-0.25, -0.2) is 8.42 Å². The number of fused-ring (bicyclic) bond motifs is 1. The maximum atomic E-state index is 12.6. The number of carbonyl (C=O) groups excluding carboxylic acids is 2. The molecule has 0 fully saturated rings. The monoisotopic (exact) mass is 469 g/mol. The van der Waals surface area contributed by atoms with Gasteiger partial charge in [-0.15, -0.1) is 0 Å². The summed E-state index contributed by atoms with van der Waals surface area (Å²) in [6, 6.07) is 20.2. The van der Waals surface area contributed by atoms with Crippen LogP contribution in [0.15, 0.2) is 88.2 Å². The average molecular weight is 470 g/mol. The van der Waals surface area contributed by atoms with Crippen LogP contribution in [0.5, 0.6) is 0 Å². The number of hydrogen-bond donors (Lipinski definition) is 3. The molecule has 0 unspecified atom stereocenters. The van der Waals surface area contributed by atoms with Crippen LogP contribution >= 0.6 is 11.6 Å². The molecule has 8 nitrogen and oxygen atoms in total. The molecule has 0 aliphatic heterocycles. The smallest absolute Gasteiger partial charge is 0.305 e. The fourth-order valence-corrected chi connectivity index (χ4v) is 4.11. The molecule has 4 rings (SSSR count). The summed E-state index contributed by atoms with van der Waals surface area (Å²) < 4.78 is 33.1. The summed E-state index contributed by atoms with van der Waals surface area (Å²) in [6.07, 6.45) is 0. The van der Waals surface area contributed by atoms with E-state index in [4.69, 9.17) is 16.0 Å². The largest absolute Gasteiger partial charge is 0.451 e. The molecule has 3 N–H and O–H groups in total. The molecule has 0 atom stereocenters. The zero-order valence-corrected chi connectivity index (χ0v) is 17.9. The van der Waals surface area contributed by atoms with Crippen molar-refractivity contribution in [1.82, 2.24) is 10.9 Å². The predicted octanol–water partition coefficient (Wildman–Crippen LogP) is 3.96. The standard InChI is InChI=1S/C22H16ClN3O5S/c23-16-8-10-17(11-9-16)26-32(29,30)18-6-3-5-15(12-18)21(27)24-25-22(28)20-13-14-4-1-2-7-19(14)31-20/h1-13,26H,(H,24,27)(H,25,28). The number of halogens is 1. The van der Waals surface area contributed by atoms with Crippen LogP contribution in [0.2, 0.25) is 5.02 Å². The Morgan fingerprint density at radius 1 is 0.812 bits per heavy atom. The third-order valence-electron chi connectivity index (χ3n) is 4.44. The van der Waals surface area contributed by atoms with Crippen LogP contribution in [-0.2, 0) is 10.0 Å². The summed E-state index contributed by atoms with van der Waals surface area (Å²) >= 11 is 5.81. The minimum absolute atomic E-state index is 0.0231. The second kappa shape index (κ2) is 8.74. The minimum atomic E-state index is -3.95. The van der Waals surface area contributed by atoms with Crippen molar-refractivity contribution in [2.45, 2.75) is 4.90 Å². The maximum absolute atomic E-state index is 12.6. The molecule has 10 heteroatoms. The van der Waals surface area contributed by atoms with Crippen molar-refractivity contribution in [3.8, 4) is 0 Å². The molecule has 0 saturated carbocycles. The predicted molar refractivity (Wildman–Crippen MR) is 120 cm³/mol. The van der Waals surface area contributed by atoms with E-state index >= 15 is 0 Å². The van der Waals surface area contributed by atoms with Crippen LogP contribution in [-0.4, -0.2) is 20.2 Å². The van der Waals surface area contributed by atoms with Gasteiger partial charge in [0.1, 0.15) is 5.58 Å².